The summed E-state index contributed by atoms with van der Waals surface area (Å²) in [6.45, 7) is 1.05. The molecule has 38 heavy (non-hydrogen) atoms. The van der Waals surface area contributed by atoms with E-state index in [4.69, 9.17) is 4.74 Å². The normalized spacial score (nSPS) is 14.3. The Morgan fingerprint density at radius 2 is 1.53 bits per heavy atom. The van der Waals surface area contributed by atoms with E-state index in [0.29, 0.717) is 31.0 Å². The molecule has 1 fully saturated rings. The first-order chi connectivity index (χ1) is 18.6. The van der Waals surface area contributed by atoms with Crippen LogP contribution in [-0.2, 0) is 4.79 Å². The number of ether oxygens (including phenoxy) is 1. The van der Waals surface area contributed by atoms with Crippen LogP contribution in [0.1, 0.15) is 55.3 Å². The van der Waals surface area contributed by atoms with Gasteiger partial charge in [0.2, 0.25) is 5.91 Å². The predicted octanol–water partition coefficient (Wildman–Crippen LogP) is 6.05. The molecule has 0 aliphatic heterocycles. The van der Waals surface area contributed by atoms with Gasteiger partial charge in [-0.1, -0.05) is 74.6 Å². The van der Waals surface area contributed by atoms with Crippen LogP contribution < -0.4 is 20.7 Å². The lowest BCUT2D eigenvalue weighted by atomic mass is 9.85. The van der Waals surface area contributed by atoms with E-state index in [1.807, 2.05) is 78.9 Å². The van der Waals surface area contributed by atoms with Crippen molar-refractivity contribution in [2.24, 2.45) is 5.92 Å². The predicted molar refractivity (Wildman–Crippen MR) is 153 cm³/mol. The smallest absolute Gasteiger partial charge is 0.251 e. The van der Waals surface area contributed by atoms with Crippen molar-refractivity contribution in [3.63, 3.8) is 0 Å². The van der Waals surface area contributed by atoms with Crippen molar-refractivity contribution in [1.82, 2.24) is 10.6 Å². The summed E-state index contributed by atoms with van der Waals surface area (Å²) in [6, 6.07) is 24.7. The summed E-state index contributed by atoms with van der Waals surface area (Å²) in [7, 11) is 1.64. The molecule has 0 aromatic heterocycles. The number of amides is 2. The molecule has 1 aliphatic rings. The van der Waals surface area contributed by atoms with Crippen LogP contribution in [0.25, 0.3) is 11.1 Å². The van der Waals surface area contributed by atoms with E-state index in [9.17, 15) is 9.59 Å². The van der Waals surface area contributed by atoms with Crippen molar-refractivity contribution < 1.29 is 14.3 Å². The Labute approximate surface area is 226 Å². The molecule has 0 spiro atoms. The lowest BCUT2D eigenvalue weighted by Crippen LogP contribution is -2.47. The number of hydrogen-bond donors (Lipinski definition) is 3. The molecule has 3 aromatic rings. The topological polar surface area (TPSA) is 79.5 Å². The fourth-order valence-corrected chi connectivity index (χ4v) is 5.06. The summed E-state index contributed by atoms with van der Waals surface area (Å²) in [6.07, 6.45) is 7.87. The zero-order valence-corrected chi connectivity index (χ0v) is 22.2. The molecule has 2 amide bonds. The van der Waals surface area contributed by atoms with E-state index in [1.54, 1.807) is 7.11 Å². The Kier molecular flexibility index (Phi) is 10.2. The molecule has 0 saturated heterocycles. The Bertz CT molecular complexity index is 1140. The molecule has 1 saturated carbocycles. The largest absolute Gasteiger partial charge is 0.497 e. The third-order valence-electron chi connectivity index (χ3n) is 7.31. The molecule has 0 bridgehead atoms. The van der Waals surface area contributed by atoms with E-state index in [1.165, 1.54) is 32.1 Å². The van der Waals surface area contributed by atoms with Gasteiger partial charge in [0, 0.05) is 24.3 Å². The lowest BCUT2D eigenvalue weighted by molar-refractivity contribution is -0.123. The van der Waals surface area contributed by atoms with E-state index < -0.39 is 6.04 Å². The van der Waals surface area contributed by atoms with Gasteiger partial charge in [-0.2, -0.15) is 0 Å². The Morgan fingerprint density at radius 3 is 2.21 bits per heavy atom. The first-order valence-electron chi connectivity index (χ1n) is 13.7. The fraction of sp³-hybridized carbons (Fsp3) is 0.375. The third kappa shape index (κ3) is 8.10. The minimum Gasteiger partial charge on any atom is -0.497 e. The van der Waals surface area contributed by atoms with Crippen LogP contribution in [0.15, 0.2) is 78.9 Å². The minimum absolute atomic E-state index is 0.133. The van der Waals surface area contributed by atoms with Crippen LogP contribution in [0.2, 0.25) is 0 Å². The summed E-state index contributed by atoms with van der Waals surface area (Å²) in [5.74, 6) is 1.09. The Morgan fingerprint density at radius 1 is 0.842 bits per heavy atom. The molecule has 3 aromatic carbocycles. The standard InChI is InChI=1S/C32H39N3O3/c1-38-29-19-17-28(18-20-29)33-22-23-34-32(37)30(21-12-24-8-4-2-5-9-24)35-31(36)27-15-13-26(14-16-27)25-10-6-3-7-11-25/h3,6-7,10-11,13-20,24,30,33H,2,4-5,8-9,12,21-23H2,1H3,(H,34,37)(H,35,36)/t30-/m0/s1. The fourth-order valence-electron chi connectivity index (χ4n) is 5.06. The van der Waals surface area contributed by atoms with Gasteiger partial charge < -0.3 is 20.7 Å². The highest BCUT2D eigenvalue weighted by Crippen LogP contribution is 2.28. The first-order valence-corrected chi connectivity index (χ1v) is 13.7. The van der Waals surface area contributed by atoms with Crippen LogP contribution in [0.3, 0.4) is 0 Å². The molecule has 0 heterocycles. The number of methoxy groups -OCH3 is 1. The summed E-state index contributed by atoms with van der Waals surface area (Å²) >= 11 is 0. The summed E-state index contributed by atoms with van der Waals surface area (Å²) < 4.78 is 5.19. The molecular formula is C32H39N3O3. The maximum atomic E-state index is 13.1. The number of rotatable bonds is 12. The second-order valence-electron chi connectivity index (χ2n) is 10.00. The number of anilines is 1. The Balaban J connectivity index is 1.33. The number of nitrogens with one attached hydrogen (secondary N) is 3. The summed E-state index contributed by atoms with van der Waals surface area (Å²) in [4.78, 5) is 26.3. The molecule has 1 atom stereocenters. The van der Waals surface area contributed by atoms with Gasteiger partial charge in [0.15, 0.2) is 0 Å². The van der Waals surface area contributed by atoms with Crippen molar-refractivity contribution in [1.29, 1.82) is 0 Å². The highest BCUT2D eigenvalue weighted by molar-refractivity contribution is 5.97. The van der Waals surface area contributed by atoms with Gasteiger partial charge in [-0.25, -0.2) is 0 Å². The van der Waals surface area contributed by atoms with Gasteiger partial charge in [0.05, 0.1) is 7.11 Å². The van der Waals surface area contributed by atoms with Gasteiger partial charge in [0.25, 0.3) is 5.91 Å². The van der Waals surface area contributed by atoms with Gasteiger partial charge in [0.1, 0.15) is 11.8 Å². The van der Waals surface area contributed by atoms with Gasteiger partial charge in [-0.05, 0) is 66.3 Å². The number of carbonyl (C=O) groups is 2. The zero-order valence-electron chi connectivity index (χ0n) is 22.2. The van der Waals surface area contributed by atoms with Gasteiger partial charge in [-0.3, -0.25) is 9.59 Å². The van der Waals surface area contributed by atoms with Crippen LogP contribution in [0.5, 0.6) is 5.75 Å². The second-order valence-corrected chi connectivity index (χ2v) is 10.00. The monoisotopic (exact) mass is 513 g/mol. The lowest BCUT2D eigenvalue weighted by Gasteiger charge is -2.24. The van der Waals surface area contributed by atoms with Gasteiger partial charge >= 0.3 is 0 Å². The van der Waals surface area contributed by atoms with Crippen LogP contribution in [-0.4, -0.2) is 38.1 Å². The molecule has 0 radical (unpaired) electrons. The van der Waals surface area contributed by atoms with Gasteiger partial charge in [-0.15, -0.1) is 0 Å². The average molecular weight is 514 g/mol. The van der Waals surface area contributed by atoms with Crippen LogP contribution in [0.4, 0.5) is 5.69 Å². The SMILES string of the molecule is COc1ccc(NCCNC(=O)[C@H](CCC2CCCCC2)NC(=O)c2ccc(-c3ccccc3)cc2)cc1. The minimum atomic E-state index is -0.556. The number of hydrogen-bond acceptors (Lipinski definition) is 4. The maximum Gasteiger partial charge on any atom is 0.251 e. The maximum absolute atomic E-state index is 13.1. The second kappa shape index (κ2) is 14.2. The van der Waals surface area contributed by atoms with Crippen molar-refractivity contribution in [2.75, 3.05) is 25.5 Å². The molecule has 6 nitrogen and oxygen atoms in total. The van der Waals surface area contributed by atoms with E-state index in [0.717, 1.165) is 29.0 Å². The van der Waals surface area contributed by atoms with Crippen molar-refractivity contribution in [3.8, 4) is 16.9 Å². The van der Waals surface area contributed by atoms with Crippen molar-refractivity contribution in [3.05, 3.63) is 84.4 Å². The van der Waals surface area contributed by atoms with Crippen LogP contribution >= 0.6 is 0 Å². The van der Waals surface area contributed by atoms with Crippen molar-refractivity contribution >= 4 is 17.5 Å². The highest BCUT2D eigenvalue weighted by atomic mass is 16.5. The molecule has 0 unspecified atom stereocenters. The average Bonchev–Trinajstić information content (AvgIpc) is 2.98. The molecule has 3 N–H and O–H groups in total. The molecule has 1 aliphatic carbocycles. The molecule has 4 rings (SSSR count). The zero-order chi connectivity index (χ0) is 26.6. The summed E-state index contributed by atoms with van der Waals surface area (Å²) in [5.41, 5.74) is 3.67. The highest BCUT2D eigenvalue weighted by Gasteiger charge is 2.23. The molecular weight excluding hydrogens is 474 g/mol. The third-order valence-corrected chi connectivity index (χ3v) is 7.31. The number of benzene rings is 3. The van der Waals surface area contributed by atoms with Crippen LogP contribution in [0, 0.1) is 5.92 Å². The quantitative estimate of drug-likeness (QED) is 0.258. The molecule has 200 valence electrons. The first kappa shape index (κ1) is 27.2. The van der Waals surface area contributed by atoms with E-state index in [-0.39, 0.29) is 11.8 Å². The molecule has 6 heteroatoms. The van der Waals surface area contributed by atoms with E-state index >= 15 is 0 Å². The Hall–Kier alpha value is -3.80. The summed E-state index contributed by atoms with van der Waals surface area (Å²) in [5, 5.41) is 9.33. The van der Waals surface area contributed by atoms with E-state index in [2.05, 4.69) is 16.0 Å². The number of carbonyl (C=O) groups excluding carboxylic acids is 2. The van der Waals surface area contributed by atoms with Crippen molar-refractivity contribution in [2.45, 2.75) is 51.0 Å².